The van der Waals surface area contributed by atoms with Crippen molar-refractivity contribution in [2.75, 3.05) is 7.11 Å². The van der Waals surface area contributed by atoms with Crippen molar-refractivity contribution in [1.29, 1.82) is 0 Å². The Hall–Kier alpha value is -1.90. The summed E-state index contributed by atoms with van der Waals surface area (Å²) in [6.45, 7) is 8.18. The Morgan fingerprint density at radius 3 is 2.39 bits per heavy atom. The Morgan fingerprint density at radius 2 is 1.78 bits per heavy atom. The number of aryl methyl sites for hydroxylation is 2. The van der Waals surface area contributed by atoms with Crippen LogP contribution in [0.2, 0.25) is 0 Å². The van der Waals surface area contributed by atoms with Crippen molar-refractivity contribution in [2.45, 2.75) is 27.7 Å². The van der Waals surface area contributed by atoms with Crippen molar-refractivity contribution >= 4 is 0 Å². The lowest BCUT2D eigenvalue weighted by molar-refractivity contribution is 0.411. The monoisotopic (exact) mass is 242 g/mol. The smallest absolute Gasteiger partial charge is 0.125 e. The molecule has 0 N–H and O–H groups in total. The molecule has 1 heterocycles. The van der Waals surface area contributed by atoms with Crippen molar-refractivity contribution in [3.63, 3.8) is 0 Å². The topological polar surface area (TPSA) is 35.0 Å². The SMILES string of the molecule is COc1cc(C)c(-c2ccnc(C)n2)c(C)c1C. The number of rotatable bonds is 2. The van der Waals surface area contributed by atoms with E-state index in [1.165, 1.54) is 16.7 Å². The number of hydrogen-bond acceptors (Lipinski definition) is 3. The van der Waals surface area contributed by atoms with Gasteiger partial charge >= 0.3 is 0 Å². The summed E-state index contributed by atoms with van der Waals surface area (Å²) >= 11 is 0. The summed E-state index contributed by atoms with van der Waals surface area (Å²) in [7, 11) is 1.70. The van der Waals surface area contributed by atoms with Crippen LogP contribution in [0.4, 0.5) is 0 Å². The van der Waals surface area contributed by atoms with Gasteiger partial charge in [-0.3, -0.25) is 0 Å². The van der Waals surface area contributed by atoms with Gasteiger partial charge in [0.1, 0.15) is 11.6 Å². The number of aromatic nitrogens is 2. The van der Waals surface area contributed by atoms with E-state index in [0.29, 0.717) is 0 Å². The Bertz CT molecular complexity index is 591. The molecule has 18 heavy (non-hydrogen) atoms. The standard InChI is InChI=1S/C15H18N2O/c1-9-8-14(18-5)10(2)11(3)15(9)13-6-7-16-12(4)17-13/h6-8H,1-5H3. The van der Waals surface area contributed by atoms with Crippen LogP contribution in [0.15, 0.2) is 18.3 Å². The molecule has 2 rings (SSSR count). The molecule has 0 amide bonds. The normalized spacial score (nSPS) is 10.5. The van der Waals surface area contributed by atoms with Crippen LogP contribution in [0.25, 0.3) is 11.3 Å². The van der Waals surface area contributed by atoms with Gasteiger partial charge in [0.05, 0.1) is 12.8 Å². The summed E-state index contributed by atoms with van der Waals surface area (Å²) < 4.78 is 5.39. The quantitative estimate of drug-likeness (QED) is 0.809. The zero-order valence-corrected chi connectivity index (χ0v) is 11.5. The first-order valence-electron chi connectivity index (χ1n) is 5.99. The van der Waals surface area contributed by atoms with E-state index in [0.717, 1.165) is 22.8 Å². The third kappa shape index (κ3) is 2.08. The van der Waals surface area contributed by atoms with Crippen molar-refractivity contribution in [3.8, 4) is 17.0 Å². The van der Waals surface area contributed by atoms with E-state index in [1.54, 1.807) is 13.3 Å². The lowest BCUT2D eigenvalue weighted by Gasteiger charge is -2.15. The van der Waals surface area contributed by atoms with Gasteiger partial charge in [-0.05, 0) is 56.5 Å². The highest BCUT2D eigenvalue weighted by atomic mass is 16.5. The van der Waals surface area contributed by atoms with Crippen LogP contribution in [0.3, 0.4) is 0 Å². The average molecular weight is 242 g/mol. The summed E-state index contributed by atoms with van der Waals surface area (Å²) in [6, 6.07) is 4.02. The molecule has 0 aliphatic rings. The fourth-order valence-corrected chi connectivity index (χ4v) is 2.25. The van der Waals surface area contributed by atoms with Gasteiger partial charge in [0.2, 0.25) is 0 Å². The van der Waals surface area contributed by atoms with E-state index in [-0.39, 0.29) is 0 Å². The highest BCUT2D eigenvalue weighted by Gasteiger charge is 2.13. The van der Waals surface area contributed by atoms with Crippen LogP contribution in [-0.4, -0.2) is 17.1 Å². The highest BCUT2D eigenvalue weighted by molar-refractivity contribution is 5.71. The number of nitrogens with zero attached hydrogens (tertiary/aromatic N) is 2. The summed E-state index contributed by atoms with van der Waals surface area (Å²) in [5, 5.41) is 0. The molecule has 0 radical (unpaired) electrons. The van der Waals surface area contributed by atoms with Gasteiger partial charge in [-0.15, -0.1) is 0 Å². The predicted octanol–water partition coefficient (Wildman–Crippen LogP) is 3.39. The third-order valence-corrected chi connectivity index (χ3v) is 3.30. The molecule has 0 atom stereocenters. The van der Waals surface area contributed by atoms with Crippen LogP contribution in [-0.2, 0) is 0 Å². The lowest BCUT2D eigenvalue weighted by atomic mass is 9.95. The summed E-state index contributed by atoms with van der Waals surface area (Å²) in [4.78, 5) is 8.65. The van der Waals surface area contributed by atoms with E-state index in [2.05, 4.69) is 36.8 Å². The molecule has 0 unspecified atom stereocenters. The maximum atomic E-state index is 5.39. The van der Waals surface area contributed by atoms with E-state index in [4.69, 9.17) is 4.74 Å². The van der Waals surface area contributed by atoms with E-state index in [1.807, 2.05) is 13.0 Å². The first-order valence-corrected chi connectivity index (χ1v) is 5.99. The van der Waals surface area contributed by atoms with Gasteiger partial charge in [0, 0.05) is 11.8 Å². The van der Waals surface area contributed by atoms with E-state index >= 15 is 0 Å². The van der Waals surface area contributed by atoms with Gasteiger partial charge in [-0.25, -0.2) is 9.97 Å². The molecule has 1 aromatic heterocycles. The molecular formula is C15H18N2O. The molecule has 94 valence electrons. The van der Waals surface area contributed by atoms with Gasteiger partial charge in [0.25, 0.3) is 0 Å². The van der Waals surface area contributed by atoms with Crippen LogP contribution in [0.1, 0.15) is 22.5 Å². The zero-order valence-electron chi connectivity index (χ0n) is 11.5. The Kier molecular flexibility index (Phi) is 3.32. The molecule has 2 aromatic rings. The van der Waals surface area contributed by atoms with Crippen molar-refractivity contribution < 1.29 is 4.74 Å². The van der Waals surface area contributed by atoms with Gasteiger partial charge < -0.3 is 4.74 Å². The number of methoxy groups -OCH3 is 1. The fourth-order valence-electron chi connectivity index (χ4n) is 2.25. The van der Waals surface area contributed by atoms with Crippen LogP contribution < -0.4 is 4.74 Å². The van der Waals surface area contributed by atoms with Crippen molar-refractivity contribution in [1.82, 2.24) is 9.97 Å². The molecule has 1 aromatic carbocycles. The average Bonchev–Trinajstić information content (AvgIpc) is 2.34. The minimum Gasteiger partial charge on any atom is -0.496 e. The van der Waals surface area contributed by atoms with Gasteiger partial charge in [0.15, 0.2) is 0 Å². The fraction of sp³-hybridized carbons (Fsp3) is 0.333. The zero-order chi connectivity index (χ0) is 13.3. The predicted molar refractivity (Wildman–Crippen MR) is 73.0 cm³/mol. The Balaban J connectivity index is 2.69. The number of ether oxygens (including phenoxy) is 1. The number of hydrogen-bond donors (Lipinski definition) is 0. The van der Waals surface area contributed by atoms with Crippen LogP contribution in [0, 0.1) is 27.7 Å². The molecular weight excluding hydrogens is 224 g/mol. The molecule has 3 heteroatoms. The number of benzene rings is 1. The summed E-state index contributed by atoms with van der Waals surface area (Å²) in [5.41, 5.74) is 5.70. The van der Waals surface area contributed by atoms with Crippen LogP contribution in [0.5, 0.6) is 5.75 Å². The highest BCUT2D eigenvalue weighted by Crippen LogP contribution is 2.33. The first-order chi connectivity index (χ1) is 8.54. The molecule has 0 aliphatic heterocycles. The second kappa shape index (κ2) is 4.77. The lowest BCUT2D eigenvalue weighted by Crippen LogP contribution is -1.99. The second-order valence-electron chi connectivity index (χ2n) is 4.51. The largest absolute Gasteiger partial charge is 0.496 e. The minimum absolute atomic E-state index is 0.791. The minimum atomic E-state index is 0.791. The Labute approximate surface area is 108 Å². The maximum Gasteiger partial charge on any atom is 0.125 e. The third-order valence-electron chi connectivity index (χ3n) is 3.30. The maximum absolute atomic E-state index is 5.39. The first kappa shape index (κ1) is 12.6. The van der Waals surface area contributed by atoms with Gasteiger partial charge in [-0.1, -0.05) is 0 Å². The molecule has 0 saturated carbocycles. The Morgan fingerprint density at radius 1 is 1.06 bits per heavy atom. The molecule has 0 aliphatic carbocycles. The van der Waals surface area contributed by atoms with E-state index < -0.39 is 0 Å². The molecule has 3 nitrogen and oxygen atoms in total. The van der Waals surface area contributed by atoms with Gasteiger partial charge in [-0.2, -0.15) is 0 Å². The summed E-state index contributed by atoms with van der Waals surface area (Å²) in [6.07, 6.45) is 1.80. The van der Waals surface area contributed by atoms with Crippen molar-refractivity contribution in [2.24, 2.45) is 0 Å². The molecule has 0 spiro atoms. The molecule has 0 bridgehead atoms. The van der Waals surface area contributed by atoms with Crippen LogP contribution >= 0.6 is 0 Å². The second-order valence-corrected chi connectivity index (χ2v) is 4.51. The van der Waals surface area contributed by atoms with E-state index in [9.17, 15) is 0 Å². The molecule has 0 saturated heterocycles. The molecule has 0 fully saturated rings. The van der Waals surface area contributed by atoms with Crippen molar-refractivity contribution in [3.05, 3.63) is 40.8 Å². The summed E-state index contributed by atoms with van der Waals surface area (Å²) in [5.74, 6) is 1.72.